The second-order valence-corrected chi connectivity index (χ2v) is 6.56. The van der Waals surface area contributed by atoms with Gasteiger partial charge in [0.05, 0.1) is 18.2 Å². The number of ether oxygens (including phenoxy) is 2. The van der Waals surface area contributed by atoms with Crippen LogP contribution < -0.4 is 10.1 Å². The number of morpholine rings is 1. The van der Waals surface area contributed by atoms with Crippen molar-refractivity contribution in [1.29, 1.82) is 0 Å². The van der Waals surface area contributed by atoms with Crippen LogP contribution in [0.2, 0.25) is 5.02 Å². The van der Waals surface area contributed by atoms with Crippen LogP contribution in [-0.2, 0) is 22.6 Å². The van der Waals surface area contributed by atoms with Gasteiger partial charge in [-0.2, -0.15) is 0 Å². The predicted octanol–water partition coefficient (Wildman–Crippen LogP) is 2.87. The number of carbonyl (C=O) groups is 1. The minimum absolute atomic E-state index is 0.0602. The highest BCUT2D eigenvalue weighted by Crippen LogP contribution is 2.22. The lowest BCUT2D eigenvalue weighted by Crippen LogP contribution is -2.36. The molecule has 0 bridgehead atoms. The highest BCUT2D eigenvalue weighted by molar-refractivity contribution is 6.32. The van der Waals surface area contributed by atoms with Gasteiger partial charge in [0.1, 0.15) is 5.75 Å². The summed E-state index contributed by atoms with van der Waals surface area (Å²) in [5.74, 6) is 0.336. The van der Waals surface area contributed by atoms with E-state index in [0.29, 0.717) is 17.3 Å². The van der Waals surface area contributed by atoms with E-state index in [1.54, 1.807) is 12.1 Å². The number of hydrogen-bond acceptors (Lipinski definition) is 4. The molecule has 0 atom stereocenters. The lowest BCUT2D eigenvalue weighted by molar-refractivity contribution is -0.123. The number of nitrogens with one attached hydrogen (secondary N) is 1. The summed E-state index contributed by atoms with van der Waals surface area (Å²) in [6.07, 6.45) is 0. The van der Waals surface area contributed by atoms with Crippen LogP contribution in [0.1, 0.15) is 11.1 Å². The molecule has 2 aromatic carbocycles. The van der Waals surface area contributed by atoms with Crippen LogP contribution in [0.15, 0.2) is 48.5 Å². The summed E-state index contributed by atoms with van der Waals surface area (Å²) in [6.45, 7) is 4.71. The van der Waals surface area contributed by atoms with Gasteiger partial charge in [-0.25, -0.2) is 0 Å². The fourth-order valence-electron chi connectivity index (χ4n) is 2.83. The fraction of sp³-hybridized carbons (Fsp3) is 0.350. The average molecular weight is 375 g/mol. The number of para-hydroxylation sites is 1. The molecule has 1 aliphatic rings. The number of rotatable bonds is 7. The smallest absolute Gasteiger partial charge is 0.258 e. The third-order valence-electron chi connectivity index (χ3n) is 4.29. The van der Waals surface area contributed by atoms with E-state index in [1.165, 1.54) is 5.56 Å². The summed E-state index contributed by atoms with van der Waals surface area (Å²) in [5.41, 5.74) is 2.34. The molecule has 1 fully saturated rings. The van der Waals surface area contributed by atoms with Gasteiger partial charge in [-0.3, -0.25) is 9.69 Å². The van der Waals surface area contributed by atoms with Gasteiger partial charge in [-0.1, -0.05) is 48.0 Å². The first kappa shape index (κ1) is 18.7. The Morgan fingerprint density at radius 1 is 1.08 bits per heavy atom. The Balaban J connectivity index is 1.51. The maximum absolute atomic E-state index is 12.1. The van der Waals surface area contributed by atoms with Crippen molar-refractivity contribution in [2.45, 2.75) is 13.1 Å². The zero-order valence-electron chi connectivity index (χ0n) is 14.6. The first-order valence-corrected chi connectivity index (χ1v) is 9.11. The van der Waals surface area contributed by atoms with Gasteiger partial charge in [0.2, 0.25) is 0 Å². The average Bonchev–Trinajstić information content (AvgIpc) is 2.67. The lowest BCUT2D eigenvalue weighted by atomic mass is 10.1. The Morgan fingerprint density at radius 2 is 1.77 bits per heavy atom. The Labute approximate surface area is 158 Å². The summed E-state index contributed by atoms with van der Waals surface area (Å²) in [5, 5.41) is 3.41. The standard InChI is InChI=1S/C20H23ClN2O3/c21-18-7-3-4-8-19(18)26-15-20(24)22-13-16-5-1-2-6-17(16)14-23-9-11-25-12-10-23/h1-8H,9-15H2,(H,22,24). The quantitative estimate of drug-likeness (QED) is 0.809. The Kier molecular flexibility index (Phi) is 6.89. The van der Waals surface area contributed by atoms with Crippen LogP contribution in [0.25, 0.3) is 0 Å². The van der Waals surface area contributed by atoms with Gasteiger partial charge in [0, 0.05) is 26.2 Å². The first-order chi connectivity index (χ1) is 12.7. The molecule has 138 valence electrons. The van der Waals surface area contributed by atoms with Crippen molar-refractivity contribution in [3.8, 4) is 5.75 Å². The molecule has 0 radical (unpaired) electrons. The maximum Gasteiger partial charge on any atom is 0.258 e. The summed E-state index contributed by atoms with van der Waals surface area (Å²) in [4.78, 5) is 14.5. The number of hydrogen-bond donors (Lipinski definition) is 1. The largest absolute Gasteiger partial charge is 0.482 e. The predicted molar refractivity (Wildman–Crippen MR) is 101 cm³/mol. The van der Waals surface area contributed by atoms with E-state index in [1.807, 2.05) is 30.3 Å². The zero-order chi connectivity index (χ0) is 18.2. The van der Waals surface area contributed by atoms with E-state index in [4.69, 9.17) is 21.1 Å². The molecule has 0 unspecified atom stereocenters. The van der Waals surface area contributed by atoms with Crippen LogP contribution in [0.4, 0.5) is 0 Å². The van der Waals surface area contributed by atoms with Crippen molar-refractivity contribution >= 4 is 17.5 Å². The number of nitrogens with zero attached hydrogens (tertiary/aromatic N) is 1. The van der Waals surface area contributed by atoms with Crippen molar-refractivity contribution in [2.75, 3.05) is 32.9 Å². The number of carbonyl (C=O) groups excluding carboxylic acids is 1. The molecule has 1 N–H and O–H groups in total. The normalized spacial score (nSPS) is 14.8. The molecular weight excluding hydrogens is 352 g/mol. The number of benzene rings is 2. The molecule has 1 amide bonds. The van der Waals surface area contributed by atoms with Crippen molar-refractivity contribution in [1.82, 2.24) is 10.2 Å². The molecule has 1 heterocycles. The van der Waals surface area contributed by atoms with Gasteiger partial charge in [-0.05, 0) is 23.3 Å². The van der Waals surface area contributed by atoms with Gasteiger partial charge >= 0.3 is 0 Å². The third-order valence-corrected chi connectivity index (χ3v) is 4.60. The van der Waals surface area contributed by atoms with Gasteiger partial charge in [0.25, 0.3) is 5.91 Å². The Hall–Kier alpha value is -2.08. The second-order valence-electron chi connectivity index (χ2n) is 6.15. The SMILES string of the molecule is O=C(COc1ccccc1Cl)NCc1ccccc1CN1CCOCC1. The second kappa shape index (κ2) is 9.57. The van der Waals surface area contributed by atoms with E-state index in [-0.39, 0.29) is 12.5 Å². The first-order valence-electron chi connectivity index (χ1n) is 8.73. The van der Waals surface area contributed by atoms with E-state index in [0.717, 1.165) is 38.4 Å². The third kappa shape index (κ3) is 5.46. The van der Waals surface area contributed by atoms with Crippen LogP contribution in [-0.4, -0.2) is 43.7 Å². The summed E-state index contributed by atoms with van der Waals surface area (Å²) in [7, 11) is 0. The Bertz CT molecular complexity index is 733. The van der Waals surface area contributed by atoms with Crippen molar-refractivity contribution < 1.29 is 14.3 Å². The molecule has 6 heteroatoms. The summed E-state index contributed by atoms with van der Waals surface area (Å²) < 4.78 is 10.9. The van der Waals surface area contributed by atoms with Gasteiger partial charge in [0.15, 0.2) is 6.61 Å². The topological polar surface area (TPSA) is 50.8 Å². The maximum atomic E-state index is 12.1. The molecule has 1 saturated heterocycles. The monoisotopic (exact) mass is 374 g/mol. The van der Waals surface area contributed by atoms with Crippen molar-refractivity contribution in [2.24, 2.45) is 0 Å². The molecular formula is C20H23ClN2O3. The highest BCUT2D eigenvalue weighted by atomic mass is 35.5. The van der Waals surface area contributed by atoms with Crippen LogP contribution in [0.3, 0.4) is 0 Å². The van der Waals surface area contributed by atoms with Crippen LogP contribution in [0.5, 0.6) is 5.75 Å². The van der Waals surface area contributed by atoms with Crippen LogP contribution in [0, 0.1) is 0 Å². The molecule has 2 aromatic rings. The molecule has 1 aliphatic heterocycles. The summed E-state index contributed by atoms with van der Waals surface area (Å²) in [6, 6.07) is 15.3. The van der Waals surface area contributed by atoms with E-state index >= 15 is 0 Å². The highest BCUT2D eigenvalue weighted by Gasteiger charge is 2.13. The minimum atomic E-state index is -0.175. The summed E-state index contributed by atoms with van der Waals surface area (Å²) >= 11 is 6.02. The minimum Gasteiger partial charge on any atom is -0.482 e. The van der Waals surface area contributed by atoms with Crippen LogP contribution >= 0.6 is 11.6 Å². The van der Waals surface area contributed by atoms with E-state index in [2.05, 4.69) is 16.3 Å². The van der Waals surface area contributed by atoms with Crippen molar-refractivity contribution in [3.05, 3.63) is 64.7 Å². The molecule has 0 aliphatic carbocycles. The molecule has 3 rings (SSSR count). The molecule has 0 aromatic heterocycles. The molecule has 5 nitrogen and oxygen atoms in total. The van der Waals surface area contributed by atoms with E-state index in [9.17, 15) is 4.79 Å². The number of amides is 1. The van der Waals surface area contributed by atoms with Gasteiger partial charge in [-0.15, -0.1) is 0 Å². The fourth-order valence-corrected chi connectivity index (χ4v) is 3.02. The van der Waals surface area contributed by atoms with Crippen molar-refractivity contribution in [3.63, 3.8) is 0 Å². The molecule has 0 spiro atoms. The van der Waals surface area contributed by atoms with E-state index < -0.39 is 0 Å². The number of halogens is 1. The Morgan fingerprint density at radius 3 is 2.54 bits per heavy atom. The zero-order valence-corrected chi connectivity index (χ0v) is 15.4. The molecule has 0 saturated carbocycles. The molecule has 26 heavy (non-hydrogen) atoms. The lowest BCUT2D eigenvalue weighted by Gasteiger charge is -2.27. The van der Waals surface area contributed by atoms with Gasteiger partial charge < -0.3 is 14.8 Å².